The molecule has 112 valence electrons. The van der Waals surface area contributed by atoms with Crippen molar-refractivity contribution in [3.8, 4) is 0 Å². The minimum atomic E-state index is -4.46. The Morgan fingerprint density at radius 2 is 2.10 bits per heavy atom. The maximum atomic E-state index is 12.4. The smallest absolute Gasteiger partial charge is 0.434 e. The molecule has 21 heavy (non-hydrogen) atoms. The second-order valence-corrected chi connectivity index (χ2v) is 4.99. The molecule has 2 aromatic heterocycles. The molecule has 0 bridgehead atoms. The number of carboxylic acids is 1. The summed E-state index contributed by atoms with van der Waals surface area (Å²) in [5.74, 6) is -0.866. The molecule has 0 aliphatic heterocycles. The van der Waals surface area contributed by atoms with E-state index < -0.39 is 17.8 Å². The summed E-state index contributed by atoms with van der Waals surface area (Å²) < 4.78 is 37.3. The quantitative estimate of drug-likeness (QED) is 0.932. The van der Waals surface area contributed by atoms with Gasteiger partial charge in [-0.1, -0.05) is 0 Å². The van der Waals surface area contributed by atoms with Crippen molar-refractivity contribution in [2.75, 3.05) is 11.9 Å². The van der Waals surface area contributed by atoms with Gasteiger partial charge in [-0.25, -0.2) is 19.7 Å². The lowest BCUT2D eigenvalue weighted by molar-refractivity contribution is -0.140. The van der Waals surface area contributed by atoms with Crippen LogP contribution in [-0.4, -0.2) is 33.1 Å². The van der Waals surface area contributed by atoms with Crippen LogP contribution in [0.1, 0.15) is 21.2 Å². The number of anilines is 1. The molecule has 0 unspecified atom stereocenters. The molecule has 0 aromatic carbocycles. The molecule has 0 aliphatic carbocycles. The Kier molecular flexibility index (Phi) is 4.07. The van der Waals surface area contributed by atoms with Gasteiger partial charge in [-0.3, -0.25) is 0 Å². The maximum absolute atomic E-state index is 12.4. The van der Waals surface area contributed by atoms with E-state index in [1.807, 2.05) is 0 Å². The molecule has 2 rings (SSSR count). The van der Waals surface area contributed by atoms with E-state index in [4.69, 9.17) is 5.11 Å². The van der Waals surface area contributed by atoms with Crippen LogP contribution >= 0.6 is 11.3 Å². The van der Waals surface area contributed by atoms with E-state index in [9.17, 15) is 18.0 Å². The van der Waals surface area contributed by atoms with Crippen molar-refractivity contribution >= 4 is 23.1 Å². The number of nitrogens with zero attached hydrogens (tertiary/aromatic N) is 4. The van der Waals surface area contributed by atoms with E-state index in [1.165, 1.54) is 11.1 Å². The van der Waals surface area contributed by atoms with Crippen LogP contribution in [-0.2, 0) is 12.7 Å². The summed E-state index contributed by atoms with van der Waals surface area (Å²) in [6.45, 7) is 0.113. The number of aromatic nitrogens is 3. The highest BCUT2D eigenvalue weighted by Gasteiger charge is 2.33. The first-order chi connectivity index (χ1) is 9.77. The number of rotatable bonds is 4. The molecule has 10 heteroatoms. The Hall–Kier alpha value is -2.23. The average molecular weight is 318 g/mol. The molecule has 2 heterocycles. The largest absolute Gasteiger partial charge is 0.476 e. The standard InChI is InChI=1S/C11H9F3N4O2S/c1-18(8-3-15-6(2-16-8)10(19)20)4-9-17-7(5-21-9)11(12,13)14/h2-3,5H,4H2,1H3,(H,19,20). The zero-order chi connectivity index (χ0) is 15.6. The van der Waals surface area contributed by atoms with Crippen LogP contribution in [0.5, 0.6) is 0 Å². The summed E-state index contributed by atoms with van der Waals surface area (Å²) in [4.78, 5) is 23.2. The van der Waals surface area contributed by atoms with E-state index >= 15 is 0 Å². The molecule has 1 N–H and O–H groups in total. The summed E-state index contributed by atoms with van der Waals surface area (Å²) in [7, 11) is 1.60. The summed E-state index contributed by atoms with van der Waals surface area (Å²) in [5.41, 5.74) is -1.14. The molecule has 2 aromatic rings. The van der Waals surface area contributed by atoms with Gasteiger partial charge in [-0.15, -0.1) is 11.3 Å². The summed E-state index contributed by atoms with van der Waals surface area (Å²) in [6.07, 6.45) is -2.14. The van der Waals surface area contributed by atoms with E-state index in [-0.39, 0.29) is 17.2 Å². The molecule has 0 radical (unpaired) electrons. The monoisotopic (exact) mass is 318 g/mol. The summed E-state index contributed by atoms with van der Waals surface area (Å²) in [6, 6.07) is 0. The first-order valence-electron chi connectivity index (χ1n) is 5.55. The SMILES string of the molecule is CN(Cc1nc(C(F)(F)F)cs1)c1cnc(C(=O)O)cn1. The van der Waals surface area contributed by atoms with Crippen LogP contribution in [0.15, 0.2) is 17.8 Å². The van der Waals surface area contributed by atoms with Crippen molar-refractivity contribution in [3.63, 3.8) is 0 Å². The fourth-order valence-corrected chi connectivity index (χ4v) is 2.28. The number of aromatic carboxylic acids is 1. The number of hydrogen-bond donors (Lipinski definition) is 1. The predicted molar refractivity (Wildman–Crippen MR) is 68.2 cm³/mol. The Morgan fingerprint density at radius 1 is 1.38 bits per heavy atom. The van der Waals surface area contributed by atoms with Crippen LogP contribution in [0.25, 0.3) is 0 Å². The van der Waals surface area contributed by atoms with Gasteiger partial charge in [-0.2, -0.15) is 13.2 Å². The highest BCUT2D eigenvalue weighted by molar-refractivity contribution is 7.09. The summed E-state index contributed by atoms with van der Waals surface area (Å²) in [5, 5.41) is 9.92. The minimum Gasteiger partial charge on any atom is -0.476 e. The molecule has 0 spiro atoms. The minimum absolute atomic E-state index is 0.113. The van der Waals surface area contributed by atoms with Gasteiger partial charge in [0.15, 0.2) is 11.4 Å². The van der Waals surface area contributed by atoms with E-state index in [0.717, 1.165) is 22.9 Å². The third-order valence-corrected chi connectivity index (χ3v) is 3.30. The van der Waals surface area contributed by atoms with Gasteiger partial charge in [-0.05, 0) is 0 Å². The van der Waals surface area contributed by atoms with Gasteiger partial charge in [0.25, 0.3) is 0 Å². The molecular weight excluding hydrogens is 309 g/mol. The number of carboxylic acid groups (broad SMARTS) is 1. The lowest BCUT2D eigenvalue weighted by Gasteiger charge is -2.15. The highest BCUT2D eigenvalue weighted by Crippen LogP contribution is 2.30. The van der Waals surface area contributed by atoms with Crippen molar-refractivity contribution in [1.82, 2.24) is 15.0 Å². The van der Waals surface area contributed by atoms with E-state index in [0.29, 0.717) is 5.82 Å². The third-order valence-electron chi connectivity index (χ3n) is 2.46. The topological polar surface area (TPSA) is 79.2 Å². The van der Waals surface area contributed by atoms with Gasteiger partial charge < -0.3 is 10.0 Å². The first kappa shape index (κ1) is 15.2. The fourth-order valence-electron chi connectivity index (χ4n) is 1.43. The summed E-state index contributed by atoms with van der Waals surface area (Å²) >= 11 is 0.892. The van der Waals surface area contributed by atoms with Crippen molar-refractivity contribution in [2.45, 2.75) is 12.7 Å². The Morgan fingerprint density at radius 3 is 2.57 bits per heavy atom. The van der Waals surface area contributed by atoms with Crippen LogP contribution in [0, 0.1) is 0 Å². The van der Waals surface area contributed by atoms with Gasteiger partial charge >= 0.3 is 12.1 Å². The van der Waals surface area contributed by atoms with E-state index in [1.54, 1.807) is 7.05 Å². The van der Waals surface area contributed by atoms with Crippen molar-refractivity contribution in [2.24, 2.45) is 0 Å². The lowest BCUT2D eigenvalue weighted by Crippen LogP contribution is -2.18. The van der Waals surface area contributed by atoms with Crippen molar-refractivity contribution < 1.29 is 23.1 Å². The average Bonchev–Trinajstić information content (AvgIpc) is 2.87. The number of thiazole rings is 1. The van der Waals surface area contributed by atoms with E-state index in [2.05, 4.69) is 15.0 Å². The van der Waals surface area contributed by atoms with Crippen LogP contribution < -0.4 is 4.90 Å². The lowest BCUT2D eigenvalue weighted by atomic mass is 10.4. The molecule has 6 nitrogen and oxygen atoms in total. The molecule has 0 saturated carbocycles. The Bertz CT molecular complexity index is 642. The number of hydrogen-bond acceptors (Lipinski definition) is 6. The van der Waals surface area contributed by atoms with Gasteiger partial charge in [0.1, 0.15) is 10.8 Å². The second-order valence-electron chi connectivity index (χ2n) is 4.05. The number of alkyl halides is 3. The van der Waals surface area contributed by atoms with Crippen LogP contribution in [0.4, 0.5) is 19.0 Å². The normalized spacial score (nSPS) is 11.4. The predicted octanol–water partition coefficient (Wildman–Crippen LogP) is 2.29. The van der Waals surface area contributed by atoms with Crippen LogP contribution in [0.3, 0.4) is 0 Å². The molecule has 0 fully saturated rings. The Labute approximate surface area is 120 Å². The highest BCUT2D eigenvalue weighted by atomic mass is 32.1. The first-order valence-corrected chi connectivity index (χ1v) is 6.43. The molecule has 0 saturated heterocycles. The third kappa shape index (κ3) is 3.66. The fraction of sp³-hybridized carbons (Fsp3) is 0.273. The van der Waals surface area contributed by atoms with Crippen molar-refractivity contribution in [1.29, 1.82) is 0 Å². The molecule has 0 aliphatic rings. The zero-order valence-electron chi connectivity index (χ0n) is 10.6. The van der Waals surface area contributed by atoms with Crippen molar-refractivity contribution in [3.05, 3.63) is 34.2 Å². The molecular formula is C11H9F3N4O2S. The number of halogens is 3. The van der Waals surface area contributed by atoms with Crippen LogP contribution in [0.2, 0.25) is 0 Å². The maximum Gasteiger partial charge on any atom is 0.434 e. The van der Waals surface area contributed by atoms with Gasteiger partial charge in [0, 0.05) is 12.4 Å². The van der Waals surface area contributed by atoms with Gasteiger partial charge in [0.05, 0.1) is 18.9 Å². The van der Waals surface area contributed by atoms with Gasteiger partial charge in [0.2, 0.25) is 0 Å². The molecule has 0 atom stereocenters. The Balaban J connectivity index is 2.09. The number of carbonyl (C=O) groups is 1. The second kappa shape index (κ2) is 5.64. The molecule has 0 amide bonds. The zero-order valence-corrected chi connectivity index (χ0v) is 11.4.